The Morgan fingerprint density at radius 3 is 1.44 bits per heavy atom. The standard InChI is InChI=1S/C6H16NO2/c1-7(2,3)6(4-8)5-9/h6,8-9H,4-5H2,1-3H3/q+1. The van der Waals surface area contributed by atoms with E-state index in [1.165, 1.54) is 0 Å². The zero-order valence-electron chi connectivity index (χ0n) is 6.33. The largest absolute Gasteiger partial charge is 0.390 e. The van der Waals surface area contributed by atoms with Crippen molar-refractivity contribution in [2.45, 2.75) is 6.04 Å². The molecule has 0 aliphatic heterocycles. The van der Waals surface area contributed by atoms with Gasteiger partial charge in [0.05, 0.1) is 34.4 Å². The molecule has 0 aromatic rings. The van der Waals surface area contributed by atoms with Crippen molar-refractivity contribution in [2.75, 3.05) is 34.4 Å². The molecular formula is C6H16NO2+. The lowest BCUT2D eigenvalue weighted by Gasteiger charge is -2.31. The number of hydrogen-bond donors (Lipinski definition) is 2. The zero-order valence-corrected chi connectivity index (χ0v) is 6.33. The first-order valence-electron chi connectivity index (χ1n) is 3.05. The summed E-state index contributed by atoms with van der Waals surface area (Å²) in [5.41, 5.74) is 0. The van der Waals surface area contributed by atoms with Crippen LogP contribution in [0, 0.1) is 0 Å². The van der Waals surface area contributed by atoms with Crippen molar-refractivity contribution in [2.24, 2.45) is 0 Å². The smallest absolute Gasteiger partial charge is 0.135 e. The second kappa shape index (κ2) is 3.15. The van der Waals surface area contributed by atoms with Crippen molar-refractivity contribution >= 4 is 0 Å². The minimum Gasteiger partial charge on any atom is -0.390 e. The Balaban J connectivity index is 3.79. The zero-order chi connectivity index (χ0) is 7.49. The molecule has 9 heavy (non-hydrogen) atoms. The van der Waals surface area contributed by atoms with Crippen molar-refractivity contribution in [3.63, 3.8) is 0 Å². The molecule has 0 aromatic heterocycles. The Kier molecular flexibility index (Phi) is 3.11. The van der Waals surface area contributed by atoms with Crippen molar-refractivity contribution in [3.8, 4) is 0 Å². The van der Waals surface area contributed by atoms with Crippen LogP contribution < -0.4 is 0 Å². The van der Waals surface area contributed by atoms with Gasteiger partial charge >= 0.3 is 0 Å². The van der Waals surface area contributed by atoms with E-state index in [1.807, 2.05) is 21.1 Å². The first-order valence-corrected chi connectivity index (χ1v) is 3.05. The molecule has 0 saturated carbocycles. The summed E-state index contributed by atoms with van der Waals surface area (Å²) in [6.07, 6.45) is 0. The SMILES string of the molecule is C[N+](C)(C)C(CO)CO. The molecular weight excluding hydrogens is 118 g/mol. The first-order chi connectivity index (χ1) is 4.02. The molecule has 56 valence electrons. The molecule has 0 fully saturated rings. The maximum Gasteiger partial charge on any atom is 0.135 e. The van der Waals surface area contributed by atoms with Crippen LogP contribution in [0.15, 0.2) is 0 Å². The van der Waals surface area contributed by atoms with E-state index in [2.05, 4.69) is 0 Å². The molecule has 0 radical (unpaired) electrons. The highest BCUT2D eigenvalue weighted by atomic mass is 16.3. The molecule has 0 rings (SSSR count). The van der Waals surface area contributed by atoms with E-state index in [0.717, 1.165) is 0 Å². The first kappa shape index (κ1) is 8.88. The maximum absolute atomic E-state index is 8.69. The summed E-state index contributed by atoms with van der Waals surface area (Å²) in [5, 5.41) is 17.4. The van der Waals surface area contributed by atoms with Gasteiger partial charge in [0.15, 0.2) is 0 Å². The Bertz CT molecular complexity index is 73.6. The molecule has 3 nitrogen and oxygen atoms in total. The van der Waals surface area contributed by atoms with Crippen LogP contribution in [0.2, 0.25) is 0 Å². The maximum atomic E-state index is 8.69. The van der Waals surface area contributed by atoms with Crippen molar-refractivity contribution in [1.29, 1.82) is 0 Å². The van der Waals surface area contributed by atoms with Gasteiger partial charge in [-0.3, -0.25) is 0 Å². The second-order valence-corrected chi connectivity index (χ2v) is 3.14. The van der Waals surface area contributed by atoms with Crippen LogP contribution in [-0.2, 0) is 0 Å². The van der Waals surface area contributed by atoms with E-state index in [1.54, 1.807) is 0 Å². The lowest BCUT2D eigenvalue weighted by molar-refractivity contribution is -0.897. The van der Waals surface area contributed by atoms with Gasteiger partial charge in [-0.2, -0.15) is 0 Å². The fourth-order valence-corrected chi connectivity index (χ4v) is 0.548. The van der Waals surface area contributed by atoms with E-state index in [4.69, 9.17) is 10.2 Å². The number of quaternary nitrogens is 1. The van der Waals surface area contributed by atoms with Gasteiger partial charge in [0, 0.05) is 0 Å². The summed E-state index contributed by atoms with van der Waals surface area (Å²) in [4.78, 5) is 0. The summed E-state index contributed by atoms with van der Waals surface area (Å²) in [5.74, 6) is 0. The Labute approximate surface area is 56.1 Å². The van der Waals surface area contributed by atoms with Crippen LogP contribution in [0.3, 0.4) is 0 Å². The van der Waals surface area contributed by atoms with E-state index in [0.29, 0.717) is 4.48 Å². The van der Waals surface area contributed by atoms with E-state index < -0.39 is 0 Å². The summed E-state index contributed by atoms with van der Waals surface area (Å²) in [6.45, 7) is 0.0833. The molecule has 0 atom stereocenters. The number of rotatable bonds is 3. The number of nitrogens with zero attached hydrogens (tertiary/aromatic N) is 1. The molecule has 0 unspecified atom stereocenters. The Hall–Kier alpha value is -0.120. The third-order valence-corrected chi connectivity index (χ3v) is 1.52. The third-order valence-electron chi connectivity index (χ3n) is 1.52. The average molecular weight is 134 g/mol. The molecule has 0 aliphatic carbocycles. The number of hydrogen-bond acceptors (Lipinski definition) is 2. The van der Waals surface area contributed by atoms with Gasteiger partial charge in [0.1, 0.15) is 6.04 Å². The van der Waals surface area contributed by atoms with Gasteiger partial charge in [-0.25, -0.2) is 0 Å². The summed E-state index contributed by atoms with van der Waals surface area (Å²) in [6, 6.07) is -0.0509. The van der Waals surface area contributed by atoms with Gasteiger partial charge in [0.25, 0.3) is 0 Å². The fourth-order valence-electron chi connectivity index (χ4n) is 0.548. The van der Waals surface area contributed by atoms with Gasteiger partial charge < -0.3 is 14.7 Å². The van der Waals surface area contributed by atoms with E-state index >= 15 is 0 Å². The van der Waals surface area contributed by atoms with Gasteiger partial charge in [-0.05, 0) is 0 Å². The molecule has 2 N–H and O–H groups in total. The third kappa shape index (κ3) is 2.79. The molecule has 0 amide bonds. The summed E-state index contributed by atoms with van der Waals surface area (Å²) < 4.78 is 0.604. The highest BCUT2D eigenvalue weighted by Crippen LogP contribution is 1.99. The molecule has 0 bridgehead atoms. The van der Waals surface area contributed by atoms with Gasteiger partial charge in [-0.1, -0.05) is 0 Å². The number of likely N-dealkylation sites (N-methyl/N-ethyl adjacent to an activating group) is 1. The van der Waals surface area contributed by atoms with Crippen LogP contribution in [0.25, 0.3) is 0 Å². The van der Waals surface area contributed by atoms with E-state index in [-0.39, 0.29) is 19.3 Å². The minimum absolute atomic E-state index is 0.0417. The molecule has 0 heterocycles. The molecule has 0 aromatic carbocycles. The quantitative estimate of drug-likeness (QED) is 0.488. The fraction of sp³-hybridized carbons (Fsp3) is 1.00. The van der Waals surface area contributed by atoms with Gasteiger partial charge in [-0.15, -0.1) is 0 Å². The Morgan fingerprint density at radius 1 is 1.11 bits per heavy atom. The summed E-state index contributed by atoms with van der Waals surface area (Å²) >= 11 is 0. The lowest BCUT2D eigenvalue weighted by atomic mass is 10.3. The van der Waals surface area contributed by atoms with Crippen LogP contribution in [0.1, 0.15) is 0 Å². The topological polar surface area (TPSA) is 40.5 Å². The van der Waals surface area contributed by atoms with Crippen molar-refractivity contribution in [1.82, 2.24) is 0 Å². The molecule has 0 aliphatic rings. The van der Waals surface area contributed by atoms with Crippen LogP contribution in [-0.4, -0.2) is 55.1 Å². The molecule has 0 spiro atoms. The van der Waals surface area contributed by atoms with Gasteiger partial charge in [0.2, 0.25) is 0 Å². The van der Waals surface area contributed by atoms with Crippen LogP contribution in [0.4, 0.5) is 0 Å². The normalized spacial score (nSPS) is 12.7. The Morgan fingerprint density at radius 2 is 1.44 bits per heavy atom. The van der Waals surface area contributed by atoms with E-state index in [9.17, 15) is 0 Å². The highest BCUT2D eigenvalue weighted by Gasteiger charge is 2.20. The van der Waals surface area contributed by atoms with Crippen molar-refractivity contribution < 1.29 is 14.7 Å². The average Bonchev–Trinajstić information content (AvgIpc) is 1.65. The number of aliphatic hydroxyl groups is 2. The highest BCUT2D eigenvalue weighted by molar-refractivity contribution is 4.50. The monoisotopic (exact) mass is 134 g/mol. The lowest BCUT2D eigenvalue weighted by Crippen LogP contribution is -2.49. The molecule has 3 heteroatoms. The second-order valence-electron chi connectivity index (χ2n) is 3.14. The predicted octanol–water partition coefficient (Wildman–Crippen LogP) is -0.954. The van der Waals surface area contributed by atoms with Crippen LogP contribution in [0.5, 0.6) is 0 Å². The molecule has 0 saturated heterocycles. The summed E-state index contributed by atoms with van der Waals surface area (Å²) in [7, 11) is 5.82. The van der Waals surface area contributed by atoms with Crippen molar-refractivity contribution in [3.05, 3.63) is 0 Å². The number of aliphatic hydroxyl groups excluding tert-OH is 2. The van der Waals surface area contributed by atoms with Crippen LogP contribution >= 0.6 is 0 Å². The predicted molar refractivity (Wildman–Crippen MR) is 36.0 cm³/mol. The minimum atomic E-state index is -0.0509.